The molecule has 0 aliphatic heterocycles. The van der Waals surface area contributed by atoms with E-state index >= 15 is 0 Å². The van der Waals surface area contributed by atoms with Crippen LogP contribution in [0.5, 0.6) is 0 Å². The Morgan fingerprint density at radius 2 is 1.74 bits per heavy atom. The van der Waals surface area contributed by atoms with Gasteiger partial charge in [-0.3, -0.25) is 4.79 Å². The molecular formula is C16H15ClO2. The minimum Gasteiger partial charge on any atom is -0.366 e. The highest BCUT2D eigenvalue weighted by atomic mass is 35.5. The molecule has 19 heavy (non-hydrogen) atoms. The Morgan fingerprint density at radius 3 is 2.37 bits per heavy atom. The maximum absolute atomic E-state index is 11.9. The largest absolute Gasteiger partial charge is 0.366 e. The van der Waals surface area contributed by atoms with Crippen molar-refractivity contribution < 1.29 is 9.53 Å². The molecule has 0 aliphatic carbocycles. The van der Waals surface area contributed by atoms with Crippen molar-refractivity contribution in [2.24, 2.45) is 0 Å². The Labute approximate surface area is 118 Å². The predicted octanol–water partition coefficient (Wildman–Crippen LogP) is 4.30. The summed E-state index contributed by atoms with van der Waals surface area (Å²) in [6.45, 7) is 2.00. The molecule has 0 aromatic heterocycles. The fraction of sp³-hybridized carbons (Fsp3) is 0.188. The second kappa shape index (κ2) is 6.50. The van der Waals surface area contributed by atoms with Crippen molar-refractivity contribution in [3.05, 3.63) is 70.7 Å². The Kier molecular flexibility index (Phi) is 4.72. The number of hydrogen-bond acceptors (Lipinski definition) is 2. The molecule has 1 atom stereocenters. The number of carbonyl (C=O) groups excluding carboxylic acids is 1. The summed E-state index contributed by atoms with van der Waals surface area (Å²) in [6, 6.07) is 16.7. The average Bonchev–Trinajstić information content (AvgIpc) is 2.46. The third-order valence-corrected chi connectivity index (χ3v) is 3.15. The number of benzene rings is 2. The molecule has 0 amide bonds. The van der Waals surface area contributed by atoms with Gasteiger partial charge in [-0.1, -0.05) is 41.9 Å². The summed E-state index contributed by atoms with van der Waals surface area (Å²) in [4.78, 5) is 11.9. The van der Waals surface area contributed by atoms with Crippen molar-refractivity contribution in [3.63, 3.8) is 0 Å². The number of carbonyl (C=O) groups is 1. The quantitative estimate of drug-likeness (QED) is 0.760. The molecule has 2 nitrogen and oxygen atoms in total. The van der Waals surface area contributed by atoms with Crippen molar-refractivity contribution in [1.29, 1.82) is 0 Å². The number of Topliss-reactive ketones (excluding diaryl/α,β-unsaturated/α-hetero) is 1. The van der Waals surface area contributed by atoms with E-state index in [4.69, 9.17) is 16.3 Å². The highest BCUT2D eigenvalue weighted by molar-refractivity contribution is 6.30. The maximum atomic E-state index is 11.9. The predicted molar refractivity (Wildman–Crippen MR) is 76.6 cm³/mol. The third-order valence-electron chi connectivity index (χ3n) is 2.90. The summed E-state index contributed by atoms with van der Waals surface area (Å²) in [6.07, 6.45) is -0.0996. The smallest absolute Gasteiger partial charge is 0.188 e. The van der Waals surface area contributed by atoms with Crippen LogP contribution in [-0.4, -0.2) is 12.4 Å². The molecule has 3 heteroatoms. The molecule has 1 unspecified atom stereocenters. The van der Waals surface area contributed by atoms with Crippen LogP contribution in [-0.2, 0) is 4.74 Å². The van der Waals surface area contributed by atoms with Crippen LogP contribution in [0.1, 0.15) is 28.9 Å². The second-order valence-electron chi connectivity index (χ2n) is 4.29. The van der Waals surface area contributed by atoms with E-state index in [0.29, 0.717) is 10.6 Å². The average molecular weight is 275 g/mol. The molecule has 0 saturated heterocycles. The van der Waals surface area contributed by atoms with Crippen LogP contribution >= 0.6 is 11.6 Å². The normalized spacial score (nSPS) is 12.1. The van der Waals surface area contributed by atoms with Gasteiger partial charge in [-0.05, 0) is 36.8 Å². The van der Waals surface area contributed by atoms with E-state index in [0.717, 1.165) is 5.56 Å². The van der Waals surface area contributed by atoms with Gasteiger partial charge in [-0.15, -0.1) is 0 Å². The first-order valence-electron chi connectivity index (χ1n) is 6.12. The van der Waals surface area contributed by atoms with Crippen LogP contribution < -0.4 is 0 Å². The van der Waals surface area contributed by atoms with Gasteiger partial charge in [0.2, 0.25) is 0 Å². The molecule has 0 bridgehead atoms. The summed E-state index contributed by atoms with van der Waals surface area (Å²) >= 11 is 5.78. The van der Waals surface area contributed by atoms with Gasteiger partial charge in [0.15, 0.2) is 5.78 Å². The monoisotopic (exact) mass is 274 g/mol. The molecule has 0 heterocycles. The summed E-state index contributed by atoms with van der Waals surface area (Å²) in [5, 5.41) is 0.620. The zero-order chi connectivity index (χ0) is 13.7. The lowest BCUT2D eigenvalue weighted by Gasteiger charge is -2.12. The minimum atomic E-state index is -0.0996. The molecule has 0 spiro atoms. The Balaban J connectivity index is 1.92. The maximum Gasteiger partial charge on any atom is 0.188 e. The molecule has 0 saturated carbocycles. The molecule has 0 aliphatic rings. The SMILES string of the molecule is CC(OCC(=O)c1ccc(Cl)cc1)c1ccccc1. The number of ketones is 1. The molecule has 2 aromatic rings. The highest BCUT2D eigenvalue weighted by Gasteiger charge is 2.10. The number of hydrogen-bond donors (Lipinski definition) is 0. The molecule has 98 valence electrons. The summed E-state index contributed by atoms with van der Waals surface area (Å²) in [5.74, 6) is -0.0422. The Bertz CT molecular complexity index is 534. The van der Waals surface area contributed by atoms with Crippen LogP contribution in [0.3, 0.4) is 0 Å². The lowest BCUT2D eigenvalue weighted by Crippen LogP contribution is -2.11. The van der Waals surface area contributed by atoms with Crippen molar-refractivity contribution in [1.82, 2.24) is 0 Å². The van der Waals surface area contributed by atoms with Gasteiger partial charge in [0.1, 0.15) is 6.61 Å². The van der Waals surface area contributed by atoms with Gasteiger partial charge in [0.25, 0.3) is 0 Å². The molecule has 2 rings (SSSR count). The fourth-order valence-electron chi connectivity index (χ4n) is 1.74. The Hall–Kier alpha value is -1.64. The summed E-state index contributed by atoms with van der Waals surface area (Å²) < 4.78 is 5.59. The zero-order valence-electron chi connectivity index (χ0n) is 10.7. The van der Waals surface area contributed by atoms with Crippen LogP contribution in [0.15, 0.2) is 54.6 Å². The standard InChI is InChI=1S/C16H15ClO2/c1-12(13-5-3-2-4-6-13)19-11-16(18)14-7-9-15(17)10-8-14/h2-10,12H,11H2,1H3. The molecule has 0 radical (unpaired) electrons. The summed E-state index contributed by atoms with van der Waals surface area (Å²) in [7, 11) is 0. The van der Waals surface area contributed by atoms with E-state index < -0.39 is 0 Å². The van der Waals surface area contributed by atoms with Crippen molar-refractivity contribution in [2.75, 3.05) is 6.61 Å². The second-order valence-corrected chi connectivity index (χ2v) is 4.73. The van der Waals surface area contributed by atoms with Gasteiger partial charge in [0, 0.05) is 10.6 Å². The molecule has 2 aromatic carbocycles. The van der Waals surface area contributed by atoms with E-state index in [2.05, 4.69) is 0 Å². The molecule has 0 N–H and O–H groups in total. The van der Waals surface area contributed by atoms with E-state index in [9.17, 15) is 4.79 Å². The third kappa shape index (κ3) is 3.91. The van der Waals surface area contributed by atoms with Gasteiger partial charge >= 0.3 is 0 Å². The van der Waals surface area contributed by atoms with Crippen LogP contribution in [0.25, 0.3) is 0 Å². The van der Waals surface area contributed by atoms with Gasteiger partial charge in [-0.2, -0.15) is 0 Å². The minimum absolute atomic E-state index is 0.0422. The highest BCUT2D eigenvalue weighted by Crippen LogP contribution is 2.16. The fourth-order valence-corrected chi connectivity index (χ4v) is 1.87. The van der Waals surface area contributed by atoms with Crippen molar-refractivity contribution >= 4 is 17.4 Å². The van der Waals surface area contributed by atoms with Crippen molar-refractivity contribution in [3.8, 4) is 0 Å². The van der Waals surface area contributed by atoms with E-state index in [1.165, 1.54) is 0 Å². The molecular weight excluding hydrogens is 260 g/mol. The number of halogens is 1. The topological polar surface area (TPSA) is 26.3 Å². The molecule has 0 fully saturated rings. The van der Waals surface area contributed by atoms with Gasteiger partial charge in [0.05, 0.1) is 6.10 Å². The van der Waals surface area contributed by atoms with Gasteiger partial charge in [-0.25, -0.2) is 0 Å². The first-order valence-corrected chi connectivity index (χ1v) is 6.50. The van der Waals surface area contributed by atoms with Crippen LogP contribution in [0.4, 0.5) is 0 Å². The van der Waals surface area contributed by atoms with Crippen molar-refractivity contribution in [2.45, 2.75) is 13.0 Å². The first kappa shape index (κ1) is 13.8. The van der Waals surface area contributed by atoms with E-state index in [1.807, 2.05) is 37.3 Å². The number of rotatable bonds is 5. The number of ether oxygens (including phenoxy) is 1. The zero-order valence-corrected chi connectivity index (χ0v) is 11.4. The van der Waals surface area contributed by atoms with E-state index in [1.54, 1.807) is 24.3 Å². The Morgan fingerprint density at radius 1 is 1.11 bits per heavy atom. The first-order chi connectivity index (χ1) is 9.16. The van der Waals surface area contributed by atoms with Crippen LogP contribution in [0, 0.1) is 0 Å². The van der Waals surface area contributed by atoms with Crippen LogP contribution in [0.2, 0.25) is 5.02 Å². The van der Waals surface area contributed by atoms with E-state index in [-0.39, 0.29) is 18.5 Å². The lowest BCUT2D eigenvalue weighted by atomic mass is 10.1. The van der Waals surface area contributed by atoms with Gasteiger partial charge < -0.3 is 4.74 Å². The lowest BCUT2D eigenvalue weighted by molar-refractivity contribution is 0.0521. The summed E-state index contributed by atoms with van der Waals surface area (Å²) in [5.41, 5.74) is 1.68.